The summed E-state index contributed by atoms with van der Waals surface area (Å²) in [5.41, 5.74) is 1.98. The van der Waals surface area contributed by atoms with Crippen molar-refractivity contribution < 1.29 is 24.1 Å². The van der Waals surface area contributed by atoms with Crippen molar-refractivity contribution in [3.8, 4) is 17.2 Å². The molecule has 40 heavy (non-hydrogen) atoms. The third-order valence-electron chi connectivity index (χ3n) is 7.11. The number of methoxy groups -OCH3 is 2. The number of aromatic carboxylic acids is 1. The van der Waals surface area contributed by atoms with Gasteiger partial charge in [0, 0.05) is 11.5 Å². The number of carboxylic acid groups (broad SMARTS) is 1. The Morgan fingerprint density at radius 1 is 1.02 bits per heavy atom. The molecular formula is C31H31N3O6. The molecule has 206 valence electrons. The average Bonchev–Trinajstić information content (AvgIpc) is 2.99. The first kappa shape index (κ1) is 26.9. The number of nitrogens with zero attached hydrogens (tertiary/aromatic N) is 3. The second-order valence-corrected chi connectivity index (χ2v) is 9.73. The number of carboxylic acids is 1. The van der Waals surface area contributed by atoms with E-state index < -0.39 is 5.97 Å². The highest BCUT2D eigenvalue weighted by atomic mass is 16.5. The quantitative estimate of drug-likeness (QED) is 0.274. The van der Waals surface area contributed by atoms with E-state index in [4.69, 9.17) is 19.2 Å². The first-order chi connectivity index (χ1) is 19.5. The number of fused-ring (bicyclic) bond motifs is 1. The molecule has 0 atom stereocenters. The molecule has 1 saturated carbocycles. The molecule has 0 aliphatic heterocycles. The Labute approximate surface area is 231 Å². The van der Waals surface area contributed by atoms with Crippen LogP contribution in [0.2, 0.25) is 0 Å². The van der Waals surface area contributed by atoms with Crippen LogP contribution in [0.4, 0.5) is 0 Å². The zero-order chi connectivity index (χ0) is 28.1. The molecule has 9 heteroatoms. The molecule has 0 saturated heterocycles. The summed E-state index contributed by atoms with van der Waals surface area (Å²) in [7, 11) is 3.04. The third-order valence-corrected chi connectivity index (χ3v) is 7.11. The fourth-order valence-corrected chi connectivity index (χ4v) is 5.07. The van der Waals surface area contributed by atoms with Gasteiger partial charge < -0.3 is 19.3 Å². The Hall–Kier alpha value is -4.66. The van der Waals surface area contributed by atoms with Crippen LogP contribution in [0.5, 0.6) is 17.2 Å². The molecule has 1 aromatic heterocycles. The summed E-state index contributed by atoms with van der Waals surface area (Å²) in [6, 6.07) is 17.4. The van der Waals surface area contributed by atoms with E-state index in [1.54, 1.807) is 42.6 Å². The van der Waals surface area contributed by atoms with Crippen molar-refractivity contribution in [1.82, 2.24) is 9.66 Å². The molecule has 5 rings (SSSR count). The predicted octanol–water partition coefficient (Wildman–Crippen LogP) is 5.62. The van der Waals surface area contributed by atoms with Crippen molar-refractivity contribution in [2.75, 3.05) is 14.2 Å². The minimum atomic E-state index is -1.01. The number of hydrogen-bond donors (Lipinski definition) is 1. The van der Waals surface area contributed by atoms with Crippen molar-refractivity contribution in [3.05, 3.63) is 93.5 Å². The summed E-state index contributed by atoms with van der Waals surface area (Å²) in [4.78, 5) is 29.7. The van der Waals surface area contributed by atoms with E-state index in [0.29, 0.717) is 45.1 Å². The first-order valence-electron chi connectivity index (χ1n) is 13.3. The number of aromatic nitrogens is 2. The van der Waals surface area contributed by atoms with Crippen LogP contribution in [0, 0.1) is 0 Å². The van der Waals surface area contributed by atoms with Crippen LogP contribution in [-0.2, 0) is 6.61 Å². The van der Waals surface area contributed by atoms with Crippen LogP contribution in [0.1, 0.15) is 65.3 Å². The van der Waals surface area contributed by atoms with Crippen molar-refractivity contribution in [2.24, 2.45) is 5.10 Å². The second-order valence-electron chi connectivity index (χ2n) is 9.73. The van der Waals surface area contributed by atoms with E-state index in [9.17, 15) is 14.7 Å². The highest BCUT2D eigenvalue weighted by molar-refractivity contribution is 5.87. The number of ether oxygens (including phenoxy) is 3. The maximum absolute atomic E-state index is 13.5. The molecule has 1 N–H and O–H groups in total. The topological polar surface area (TPSA) is 112 Å². The monoisotopic (exact) mass is 541 g/mol. The molecule has 4 aromatic rings. The molecular weight excluding hydrogens is 510 g/mol. The largest absolute Gasteiger partial charge is 0.493 e. The van der Waals surface area contributed by atoms with Crippen molar-refractivity contribution in [2.45, 2.75) is 44.6 Å². The molecule has 1 aliphatic carbocycles. The summed E-state index contributed by atoms with van der Waals surface area (Å²) < 4.78 is 18.6. The summed E-state index contributed by atoms with van der Waals surface area (Å²) in [6.07, 6.45) is 6.94. The number of para-hydroxylation sites is 1. The molecule has 1 aliphatic rings. The van der Waals surface area contributed by atoms with Gasteiger partial charge in [0.15, 0.2) is 11.5 Å². The molecule has 1 fully saturated rings. The van der Waals surface area contributed by atoms with E-state index >= 15 is 0 Å². The Morgan fingerprint density at radius 3 is 2.45 bits per heavy atom. The Morgan fingerprint density at radius 2 is 1.75 bits per heavy atom. The van der Waals surface area contributed by atoms with Gasteiger partial charge in [-0.25, -0.2) is 9.78 Å². The average molecular weight is 542 g/mol. The van der Waals surface area contributed by atoms with Gasteiger partial charge in [0.25, 0.3) is 5.56 Å². The molecule has 0 radical (unpaired) electrons. The van der Waals surface area contributed by atoms with Crippen LogP contribution in [0.25, 0.3) is 10.9 Å². The van der Waals surface area contributed by atoms with Gasteiger partial charge in [-0.15, -0.1) is 0 Å². The SMILES string of the molecule is COc1cc(C=Nn2c(C3CCCCC3)nc3ccccc3c2=O)cc(OC)c1OCc1cccc(C(=O)O)c1. The third kappa shape index (κ3) is 5.68. The lowest BCUT2D eigenvalue weighted by Gasteiger charge is -2.22. The lowest BCUT2D eigenvalue weighted by atomic mass is 9.88. The number of benzene rings is 3. The number of rotatable bonds is 9. The van der Waals surface area contributed by atoms with Gasteiger partial charge in [0.05, 0.1) is 36.9 Å². The maximum Gasteiger partial charge on any atom is 0.335 e. The van der Waals surface area contributed by atoms with Gasteiger partial charge in [-0.3, -0.25) is 4.79 Å². The van der Waals surface area contributed by atoms with Crippen LogP contribution < -0.4 is 19.8 Å². The smallest absolute Gasteiger partial charge is 0.335 e. The highest BCUT2D eigenvalue weighted by Gasteiger charge is 2.22. The minimum Gasteiger partial charge on any atom is -0.493 e. The van der Waals surface area contributed by atoms with E-state index in [0.717, 1.165) is 25.7 Å². The molecule has 0 amide bonds. The van der Waals surface area contributed by atoms with Crippen LogP contribution in [0.3, 0.4) is 0 Å². The zero-order valence-electron chi connectivity index (χ0n) is 22.5. The van der Waals surface area contributed by atoms with E-state index in [1.165, 1.54) is 31.4 Å². The summed E-state index contributed by atoms with van der Waals surface area (Å²) in [5, 5.41) is 14.4. The van der Waals surface area contributed by atoms with Crippen LogP contribution in [0.15, 0.2) is 70.6 Å². The lowest BCUT2D eigenvalue weighted by Crippen LogP contribution is -2.25. The van der Waals surface area contributed by atoms with E-state index in [-0.39, 0.29) is 23.6 Å². The van der Waals surface area contributed by atoms with Gasteiger partial charge in [0.2, 0.25) is 5.75 Å². The molecule has 1 heterocycles. The van der Waals surface area contributed by atoms with Crippen molar-refractivity contribution >= 4 is 23.1 Å². The summed E-state index contributed by atoms with van der Waals surface area (Å²) >= 11 is 0. The molecule has 0 spiro atoms. The maximum atomic E-state index is 13.5. The zero-order valence-corrected chi connectivity index (χ0v) is 22.5. The normalized spacial score (nSPS) is 13.9. The highest BCUT2D eigenvalue weighted by Crippen LogP contribution is 2.39. The minimum absolute atomic E-state index is 0.115. The molecule has 0 bridgehead atoms. The van der Waals surface area contributed by atoms with Crippen molar-refractivity contribution in [3.63, 3.8) is 0 Å². The molecule has 9 nitrogen and oxygen atoms in total. The van der Waals surface area contributed by atoms with Gasteiger partial charge in [-0.2, -0.15) is 9.78 Å². The fraction of sp³-hybridized carbons (Fsp3) is 0.290. The van der Waals surface area contributed by atoms with Crippen LogP contribution >= 0.6 is 0 Å². The predicted molar refractivity (Wildman–Crippen MR) is 152 cm³/mol. The standard InChI is InChI=1S/C31H31N3O6/c1-38-26-16-21(17-27(39-2)28(26)40-19-20-9-8-12-23(15-20)31(36)37)18-32-34-29(22-10-4-3-5-11-22)33-25-14-7-6-13-24(25)30(34)35/h6-9,12-18,22H,3-5,10-11,19H2,1-2H3,(H,36,37). The Bertz CT molecular complexity index is 1600. The second kappa shape index (κ2) is 12.0. The Balaban J connectivity index is 1.48. The number of hydrogen-bond acceptors (Lipinski definition) is 7. The molecule has 3 aromatic carbocycles. The summed E-state index contributed by atoms with van der Waals surface area (Å²) in [5.74, 6) is 1.03. The Kier molecular flexibility index (Phi) is 8.10. The van der Waals surface area contributed by atoms with Gasteiger partial charge in [0.1, 0.15) is 12.4 Å². The van der Waals surface area contributed by atoms with E-state index in [1.807, 2.05) is 18.2 Å². The molecule has 0 unspecified atom stereocenters. The first-order valence-corrected chi connectivity index (χ1v) is 13.3. The lowest BCUT2D eigenvalue weighted by molar-refractivity contribution is 0.0696. The van der Waals surface area contributed by atoms with Gasteiger partial charge in [-0.05, 0) is 54.8 Å². The summed E-state index contributed by atoms with van der Waals surface area (Å²) in [6.45, 7) is 0.115. The van der Waals surface area contributed by atoms with Crippen LogP contribution in [-0.4, -0.2) is 41.2 Å². The van der Waals surface area contributed by atoms with Gasteiger partial charge in [-0.1, -0.05) is 43.5 Å². The van der Waals surface area contributed by atoms with Gasteiger partial charge >= 0.3 is 5.97 Å². The number of carbonyl (C=O) groups is 1. The van der Waals surface area contributed by atoms with Crippen molar-refractivity contribution in [1.29, 1.82) is 0 Å². The van der Waals surface area contributed by atoms with E-state index in [2.05, 4.69) is 5.10 Å². The fourth-order valence-electron chi connectivity index (χ4n) is 5.07.